The van der Waals surface area contributed by atoms with E-state index in [4.69, 9.17) is 4.74 Å². The maximum atomic E-state index is 6.06. The third-order valence-electron chi connectivity index (χ3n) is 4.24. The van der Waals surface area contributed by atoms with Gasteiger partial charge in [-0.2, -0.15) is 0 Å². The Morgan fingerprint density at radius 3 is 2.62 bits per heavy atom. The van der Waals surface area contributed by atoms with Crippen LogP contribution in [0, 0.1) is 5.92 Å². The van der Waals surface area contributed by atoms with Gasteiger partial charge in [-0.05, 0) is 44.6 Å². The SMILES string of the molecule is CC1CCCCC1OCCC1CCCCN1. The van der Waals surface area contributed by atoms with Gasteiger partial charge in [0.2, 0.25) is 0 Å². The van der Waals surface area contributed by atoms with Crippen LogP contribution in [0.5, 0.6) is 0 Å². The largest absolute Gasteiger partial charge is 0.378 e. The summed E-state index contributed by atoms with van der Waals surface area (Å²) in [4.78, 5) is 0. The van der Waals surface area contributed by atoms with E-state index in [1.807, 2.05) is 0 Å². The summed E-state index contributed by atoms with van der Waals surface area (Å²) >= 11 is 0. The van der Waals surface area contributed by atoms with Gasteiger partial charge < -0.3 is 10.1 Å². The van der Waals surface area contributed by atoms with E-state index in [1.165, 1.54) is 57.9 Å². The first-order chi connectivity index (χ1) is 7.86. The Kier molecular flexibility index (Phi) is 5.11. The zero-order chi connectivity index (χ0) is 11.2. The lowest BCUT2D eigenvalue weighted by Gasteiger charge is -2.30. The minimum Gasteiger partial charge on any atom is -0.378 e. The smallest absolute Gasteiger partial charge is 0.0600 e. The van der Waals surface area contributed by atoms with E-state index < -0.39 is 0 Å². The van der Waals surface area contributed by atoms with Gasteiger partial charge in [0, 0.05) is 12.6 Å². The van der Waals surface area contributed by atoms with Gasteiger partial charge in [0.1, 0.15) is 0 Å². The highest BCUT2D eigenvalue weighted by atomic mass is 16.5. The molecule has 0 aromatic rings. The van der Waals surface area contributed by atoms with Crippen LogP contribution in [0.3, 0.4) is 0 Å². The lowest BCUT2D eigenvalue weighted by atomic mass is 9.88. The van der Waals surface area contributed by atoms with Crippen LogP contribution in [0.4, 0.5) is 0 Å². The fourth-order valence-electron chi connectivity index (χ4n) is 3.06. The molecule has 0 bridgehead atoms. The van der Waals surface area contributed by atoms with Gasteiger partial charge >= 0.3 is 0 Å². The summed E-state index contributed by atoms with van der Waals surface area (Å²) in [7, 11) is 0. The molecule has 3 unspecified atom stereocenters. The minimum atomic E-state index is 0.553. The molecule has 2 nitrogen and oxygen atoms in total. The van der Waals surface area contributed by atoms with Crippen molar-refractivity contribution >= 4 is 0 Å². The van der Waals surface area contributed by atoms with E-state index in [1.54, 1.807) is 0 Å². The summed E-state index contributed by atoms with van der Waals surface area (Å²) in [5.41, 5.74) is 0. The third kappa shape index (κ3) is 3.74. The van der Waals surface area contributed by atoms with Crippen LogP contribution in [0.2, 0.25) is 0 Å². The maximum Gasteiger partial charge on any atom is 0.0600 e. The van der Waals surface area contributed by atoms with Crippen molar-refractivity contribution in [2.45, 2.75) is 70.4 Å². The normalized spacial score (nSPS) is 36.2. The Bertz CT molecular complexity index is 189. The quantitative estimate of drug-likeness (QED) is 0.794. The molecule has 1 aliphatic heterocycles. The molecule has 2 rings (SSSR count). The van der Waals surface area contributed by atoms with Gasteiger partial charge in [-0.15, -0.1) is 0 Å². The van der Waals surface area contributed by atoms with Gasteiger partial charge in [0.25, 0.3) is 0 Å². The Labute approximate surface area is 100 Å². The summed E-state index contributed by atoms with van der Waals surface area (Å²) in [6.45, 7) is 4.53. The zero-order valence-electron chi connectivity index (χ0n) is 10.7. The molecule has 1 saturated carbocycles. The fourth-order valence-corrected chi connectivity index (χ4v) is 3.06. The lowest BCUT2D eigenvalue weighted by Crippen LogP contribution is -2.35. The molecule has 2 heteroatoms. The summed E-state index contributed by atoms with van der Waals surface area (Å²) in [6.07, 6.45) is 11.3. The number of rotatable bonds is 4. The van der Waals surface area contributed by atoms with Crippen molar-refractivity contribution in [3.05, 3.63) is 0 Å². The van der Waals surface area contributed by atoms with Gasteiger partial charge in [0.15, 0.2) is 0 Å². The van der Waals surface area contributed by atoms with Crippen LogP contribution in [0.1, 0.15) is 58.3 Å². The Morgan fingerprint density at radius 1 is 1.06 bits per heavy atom. The van der Waals surface area contributed by atoms with E-state index in [9.17, 15) is 0 Å². The lowest BCUT2D eigenvalue weighted by molar-refractivity contribution is -0.00938. The molecule has 1 N–H and O–H groups in total. The third-order valence-corrected chi connectivity index (χ3v) is 4.24. The Hall–Kier alpha value is -0.0800. The van der Waals surface area contributed by atoms with E-state index in [-0.39, 0.29) is 0 Å². The van der Waals surface area contributed by atoms with Crippen molar-refractivity contribution in [3.8, 4) is 0 Å². The van der Waals surface area contributed by atoms with E-state index in [2.05, 4.69) is 12.2 Å². The van der Waals surface area contributed by atoms with Gasteiger partial charge in [-0.25, -0.2) is 0 Å². The highest BCUT2D eigenvalue weighted by Crippen LogP contribution is 2.26. The Morgan fingerprint density at radius 2 is 1.88 bits per heavy atom. The summed E-state index contributed by atoms with van der Waals surface area (Å²) < 4.78 is 6.06. The highest BCUT2D eigenvalue weighted by Gasteiger charge is 2.22. The summed E-state index contributed by atoms with van der Waals surface area (Å²) in [5.74, 6) is 0.785. The van der Waals surface area contributed by atoms with Crippen molar-refractivity contribution in [2.24, 2.45) is 5.92 Å². The minimum absolute atomic E-state index is 0.553. The number of nitrogens with one attached hydrogen (secondary N) is 1. The van der Waals surface area contributed by atoms with Crippen LogP contribution < -0.4 is 5.32 Å². The van der Waals surface area contributed by atoms with Crippen LogP contribution in [-0.2, 0) is 4.74 Å². The first kappa shape index (κ1) is 12.4. The van der Waals surface area contributed by atoms with Crippen LogP contribution in [0.15, 0.2) is 0 Å². The molecule has 3 atom stereocenters. The molecule has 0 aromatic heterocycles. The first-order valence-electron chi connectivity index (χ1n) is 7.21. The molecule has 0 aromatic carbocycles. The van der Waals surface area contributed by atoms with Gasteiger partial charge in [0.05, 0.1) is 6.10 Å². The predicted octanol–water partition coefficient (Wildman–Crippen LogP) is 3.11. The first-order valence-corrected chi connectivity index (χ1v) is 7.21. The van der Waals surface area contributed by atoms with E-state index in [0.29, 0.717) is 6.10 Å². The molecule has 16 heavy (non-hydrogen) atoms. The van der Waals surface area contributed by atoms with Crippen LogP contribution in [0.25, 0.3) is 0 Å². The molecule has 1 saturated heterocycles. The van der Waals surface area contributed by atoms with Crippen molar-refractivity contribution in [1.82, 2.24) is 5.32 Å². The summed E-state index contributed by atoms with van der Waals surface area (Å²) in [5, 5.41) is 3.59. The second kappa shape index (κ2) is 6.61. The highest BCUT2D eigenvalue weighted by molar-refractivity contribution is 4.74. The molecule has 2 aliphatic rings. The van der Waals surface area contributed by atoms with Crippen molar-refractivity contribution in [3.63, 3.8) is 0 Å². The molecule has 1 aliphatic carbocycles. The average molecular weight is 225 g/mol. The number of hydrogen-bond acceptors (Lipinski definition) is 2. The Balaban J connectivity index is 1.59. The number of ether oxygens (including phenoxy) is 1. The predicted molar refractivity (Wildman–Crippen MR) is 67.6 cm³/mol. The number of hydrogen-bond donors (Lipinski definition) is 1. The molecule has 0 radical (unpaired) electrons. The molecule has 2 fully saturated rings. The average Bonchev–Trinajstić information content (AvgIpc) is 2.33. The molecule has 0 spiro atoms. The number of piperidine rings is 1. The molecular weight excluding hydrogens is 198 g/mol. The van der Waals surface area contributed by atoms with Gasteiger partial charge in [-0.3, -0.25) is 0 Å². The fraction of sp³-hybridized carbons (Fsp3) is 1.00. The summed E-state index contributed by atoms with van der Waals surface area (Å²) in [6, 6.07) is 0.729. The second-order valence-corrected chi connectivity index (χ2v) is 5.61. The van der Waals surface area contributed by atoms with E-state index in [0.717, 1.165) is 18.6 Å². The molecule has 94 valence electrons. The topological polar surface area (TPSA) is 21.3 Å². The van der Waals surface area contributed by atoms with Crippen molar-refractivity contribution < 1.29 is 4.74 Å². The zero-order valence-corrected chi connectivity index (χ0v) is 10.7. The molecule has 1 heterocycles. The van der Waals surface area contributed by atoms with Crippen LogP contribution in [-0.4, -0.2) is 25.3 Å². The standard InChI is InChI=1S/C14H27NO/c1-12-6-2-3-8-14(12)16-11-9-13-7-4-5-10-15-13/h12-15H,2-11H2,1H3. The second-order valence-electron chi connectivity index (χ2n) is 5.61. The van der Waals surface area contributed by atoms with Crippen LogP contribution >= 0.6 is 0 Å². The van der Waals surface area contributed by atoms with Crippen molar-refractivity contribution in [2.75, 3.05) is 13.2 Å². The maximum absolute atomic E-state index is 6.06. The van der Waals surface area contributed by atoms with Gasteiger partial charge in [-0.1, -0.05) is 26.2 Å². The molecular formula is C14H27NO. The monoisotopic (exact) mass is 225 g/mol. The molecule has 0 amide bonds. The van der Waals surface area contributed by atoms with E-state index >= 15 is 0 Å². The van der Waals surface area contributed by atoms with Crippen molar-refractivity contribution in [1.29, 1.82) is 0 Å².